The van der Waals surface area contributed by atoms with Crippen LogP contribution in [0.15, 0.2) is 0 Å². The van der Waals surface area contributed by atoms with Crippen LogP contribution >= 0.6 is 0 Å². The predicted molar refractivity (Wildman–Crippen MR) is 57.9 cm³/mol. The summed E-state index contributed by atoms with van der Waals surface area (Å²) in [5.41, 5.74) is 0. The highest BCUT2D eigenvalue weighted by atomic mass is 16.4. The molecule has 0 aromatic heterocycles. The number of carbonyl (C=O) groups excluding carboxylic acids is 1. The molecule has 3 atom stereocenters. The third-order valence-corrected chi connectivity index (χ3v) is 3.47. The van der Waals surface area contributed by atoms with Gasteiger partial charge in [0, 0.05) is 0 Å². The van der Waals surface area contributed by atoms with Gasteiger partial charge in [-0.1, -0.05) is 6.92 Å². The molecule has 16 heavy (non-hydrogen) atoms. The van der Waals surface area contributed by atoms with Crippen LogP contribution < -0.4 is 10.6 Å². The zero-order valence-corrected chi connectivity index (χ0v) is 9.40. The average Bonchev–Trinajstić information content (AvgIpc) is 2.96. The molecule has 2 aliphatic rings. The molecule has 5 heteroatoms. The average molecular weight is 226 g/mol. The third-order valence-electron chi connectivity index (χ3n) is 3.47. The Kier molecular flexibility index (Phi) is 3.14. The van der Waals surface area contributed by atoms with Gasteiger partial charge in [-0.3, -0.25) is 4.79 Å². The summed E-state index contributed by atoms with van der Waals surface area (Å²) in [6.07, 6.45) is 2.79. The fourth-order valence-electron chi connectivity index (χ4n) is 2.24. The van der Waals surface area contributed by atoms with Crippen LogP contribution in [-0.2, 0) is 9.59 Å². The van der Waals surface area contributed by atoms with E-state index in [1.54, 1.807) is 0 Å². The van der Waals surface area contributed by atoms with Gasteiger partial charge in [0.05, 0.1) is 6.04 Å². The second kappa shape index (κ2) is 4.41. The maximum atomic E-state index is 11.9. The van der Waals surface area contributed by atoms with E-state index in [-0.39, 0.29) is 23.8 Å². The maximum Gasteiger partial charge on any atom is 0.326 e. The molecule has 0 aromatic rings. The van der Waals surface area contributed by atoms with Crippen molar-refractivity contribution < 1.29 is 14.7 Å². The molecule has 1 aliphatic heterocycles. The molecule has 3 unspecified atom stereocenters. The van der Waals surface area contributed by atoms with Gasteiger partial charge in [-0.25, -0.2) is 4.79 Å². The molecule has 0 aromatic carbocycles. The van der Waals surface area contributed by atoms with Crippen molar-refractivity contribution in [1.82, 2.24) is 10.6 Å². The number of nitrogens with one attached hydrogen (secondary N) is 2. The van der Waals surface area contributed by atoms with Crippen LogP contribution in [-0.4, -0.2) is 35.6 Å². The highest BCUT2D eigenvalue weighted by molar-refractivity contribution is 5.87. The molecule has 2 rings (SSSR count). The molecular weight excluding hydrogens is 208 g/mol. The van der Waals surface area contributed by atoms with Gasteiger partial charge in [0.15, 0.2) is 0 Å². The summed E-state index contributed by atoms with van der Waals surface area (Å²) in [6, 6.07) is -0.914. The molecule has 5 nitrogen and oxygen atoms in total. The van der Waals surface area contributed by atoms with E-state index < -0.39 is 12.0 Å². The van der Waals surface area contributed by atoms with E-state index in [0.717, 1.165) is 25.8 Å². The number of carboxylic acids is 1. The Bertz CT molecular complexity index is 302. The Morgan fingerprint density at radius 3 is 2.50 bits per heavy atom. The van der Waals surface area contributed by atoms with Crippen LogP contribution in [0, 0.1) is 11.8 Å². The topological polar surface area (TPSA) is 78.4 Å². The second-order valence-corrected chi connectivity index (χ2v) is 4.86. The first-order valence-electron chi connectivity index (χ1n) is 5.86. The van der Waals surface area contributed by atoms with Crippen molar-refractivity contribution in [3.63, 3.8) is 0 Å². The van der Waals surface area contributed by atoms with E-state index >= 15 is 0 Å². The number of carbonyl (C=O) groups is 2. The molecule has 90 valence electrons. The largest absolute Gasteiger partial charge is 0.480 e. The van der Waals surface area contributed by atoms with Gasteiger partial charge in [0.25, 0.3) is 0 Å². The first-order chi connectivity index (χ1) is 7.59. The van der Waals surface area contributed by atoms with Crippen molar-refractivity contribution in [2.45, 2.75) is 38.3 Å². The quantitative estimate of drug-likeness (QED) is 0.628. The normalized spacial score (nSPS) is 31.1. The molecule has 1 aliphatic carbocycles. The van der Waals surface area contributed by atoms with Crippen LogP contribution in [0.5, 0.6) is 0 Å². The molecular formula is C11H18N2O3. The molecule has 0 bridgehead atoms. The molecule has 0 spiro atoms. The monoisotopic (exact) mass is 226 g/mol. The second-order valence-electron chi connectivity index (χ2n) is 4.86. The van der Waals surface area contributed by atoms with E-state index in [1.807, 2.05) is 6.92 Å². The van der Waals surface area contributed by atoms with Crippen LogP contribution in [0.4, 0.5) is 0 Å². The molecule has 1 saturated carbocycles. The van der Waals surface area contributed by atoms with Crippen molar-refractivity contribution >= 4 is 11.9 Å². The number of carboxylic acid groups (broad SMARTS) is 1. The maximum absolute atomic E-state index is 11.9. The highest BCUT2D eigenvalue weighted by Crippen LogP contribution is 2.32. The van der Waals surface area contributed by atoms with Crippen LogP contribution in [0.25, 0.3) is 0 Å². The number of hydrogen-bond acceptors (Lipinski definition) is 3. The van der Waals surface area contributed by atoms with Gasteiger partial charge in [-0.15, -0.1) is 0 Å². The van der Waals surface area contributed by atoms with Crippen molar-refractivity contribution in [2.24, 2.45) is 11.8 Å². The first-order valence-corrected chi connectivity index (χ1v) is 5.86. The molecule has 1 amide bonds. The van der Waals surface area contributed by atoms with Gasteiger partial charge < -0.3 is 15.7 Å². The van der Waals surface area contributed by atoms with Gasteiger partial charge in [0.1, 0.15) is 6.04 Å². The lowest BCUT2D eigenvalue weighted by Gasteiger charge is -2.19. The minimum absolute atomic E-state index is 0.137. The van der Waals surface area contributed by atoms with E-state index in [0.29, 0.717) is 0 Å². The summed E-state index contributed by atoms with van der Waals surface area (Å²) < 4.78 is 0. The lowest BCUT2D eigenvalue weighted by atomic mass is 10.0. The Morgan fingerprint density at radius 1 is 1.38 bits per heavy atom. The number of amides is 1. The van der Waals surface area contributed by atoms with E-state index in [4.69, 9.17) is 5.11 Å². The SMILES string of the molecule is CC1CCNC1C(=O)NC(C(=O)O)C1CC1. The molecule has 0 radical (unpaired) electrons. The minimum Gasteiger partial charge on any atom is -0.480 e. The minimum atomic E-state index is -0.915. The summed E-state index contributed by atoms with van der Waals surface area (Å²) >= 11 is 0. The third kappa shape index (κ3) is 2.35. The van der Waals surface area contributed by atoms with E-state index in [9.17, 15) is 9.59 Å². The van der Waals surface area contributed by atoms with Crippen molar-refractivity contribution in [3.05, 3.63) is 0 Å². The summed E-state index contributed by atoms with van der Waals surface area (Å²) in [5, 5.41) is 14.8. The summed E-state index contributed by atoms with van der Waals surface area (Å²) in [7, 11) is 0. The van der Waals surface area contributed by atoms with Crippen molar-refractivity contribution in [2.75, 3.05) is 6.54 Å². The zero-order valence-electron chi connectivity index (χ0n) is 9.40. The van der Waals surface area contributed by atoms with Crippen molar-refractivity contribution in [3.8, 4) is 0 Å². The zero-order chi connectivity index (χ0) is 11.7. The van der Waals surface area contributed by atoms with Gasteiger partial charge >= 0.3 is 5.97 Å². The highest BCUT2D eigenvalue weighted by Gasteiger charge is 2.39. The van der Waals surface area contributed by atoms with Crippen LogP contribution in [0.3, 0.4) is 0 Å². The molecule has 1 saturated heterocycles. The molecule has 1 heterocycles. The Labute approximate surface area is 94.6 Å². The van der Waals surface area contributed by atoms with Crippen LogP contribution in [0.2, 0.25) is 0 Å². The Morgan fingerprint density at radius 2 is 2.06 bits per heavy atom. The summed E-state index contributed by atoms with van der Waals surface area (Å²) in [4.78, 5) is 22.8. The fourth-order valence-corrected chi connectivity index (χ4v) is 2.24. The molecule has 2 fully saturated rings. The standard InChI is InChI=1S/C11H18N2O3/c1-6-4-5-12-8(6)10(14)13-9(11(15)16)7-2-3-7/h6-9,12H,2-5H2,1H3,(H,13,14)(H,15,16). The summed E-state index contributed by atoms with van der Waals surface area (Å²) in [5.74, 6) is -0.655. The van der Waals surface area contributed by atoms with E-state index in [1.165, 1.54) is 0 Å². The van der Waals surface area contributed by atoms with Gasteiger partial charge in [-0.2, -0.15) is 0 Å². The fraction of sp³-hybridized carbons (Fsp3) is 0.818. The lowest BCUT2D eigenvalue weighted by Crippen LogP contribution is -2.50. The summed E-state index contributed by atoms with van der Waals surface area (Å²) in [6.45, 7) is 2.84. The van der Waals surface area contributed by atoms with Crippen molar-refractivity contribution in [1.29, 1.82) is 0 Å². The predicted octanol–water partition coefficient (Wildman–Crippen LogP) is -0.0362. The van der Waals surface area contributed by atoms with Gasteiger partial charge in [0.2, 0.25) is 5.91 Å². The number of hydrogen-bond donors (Lipinski definition) is 3. The molecule has 3 N–H and O–H groups in total. The van der Waals surface area contributed by atoms with Gasteiger partial charge in [-0.05, 0) is 37.6 Å². The van der Waals surface area contributed by atoms with E-state index in [2.05, 4.69) is 10.6 Å². The van der Waals surface area contributed by atoms with Crippen LogP contribution in [0.1, 0.15) is 26.2 Å². The Balaban J connectivity index is 1.92. The Hall–Kier alpha value is -1.10. The smallest absolute Gasteiger partial charge is 0.326 e. The number of aliphatic carboxylic acids is 1. The number of rotatable bonds is 4. The first kappa shape index (κ1) is 11.4. The lowest BCUT2D eigenvalue weighted by molar-refractivity contribution is -0.142.